The predicted octanol–water partition coefficient (Wildman–Crippen LogP) is 6.45. The molecule has 3 aliphatic rings. The molecule has 2 N–H and O–H groups in total. The Hall–Kier alpha value is -4.15. The second kappa shape index (κ2) is 18.2. The van der Waals surface area contributed by atoms with E-state index in [1.165, 1.54) is 12.8 Å². The van der Waals surface area contributed by atoms with E-state index in [0.717, 1.165) is 43.6 Å². The first-order valence-electron chi connectivity index (χ1n) is 16.5. The van der Waals surface area contributed by atoms with Gasteiger partial charge in [0.05, 0.1) is 38.9 Å². The highest BCUT2D eigenvalue weighted by atomic mass is 32.2. The summed E-state index contributed by atoms with van der Waals surface area (Å²) in [6.45, 7) is 3.73. The van der Waals surface area contributed by atoms with E-state index in [9.17, 15) is 16.8 Å². The number of hydrogen-bond donors (Lipinski definition) is 1. The molecule has 4 aromatic rings. The van der Waals surface area contributed by atoms with Gasteiger partial charge in [-0.3, -0.25) is 0 Å². The van der Waals surface area contributed by atoms with Gasteiger partial charge in [-0.15, -0.1) is 0 Å². The Morgan fingerprint density at radius 3 is 1.52 bits per heavy atom. The summed E-state index contributed by atoms with van der Waals surface area (Å²) in [5, 5.41) is 8.89. The van der Waals surface area contributed by atoms with Gasteiger partial charge in [0.1, 0.15) is 11.5 Å². The van der Waals surface area contributed by atoms with Gasteiger partial charge in [0.25, 0.3) is 0 Å². The van der Waals surface area contributed by atoms with Crippen molar-refractivity contribution in [2.45, 2.75) is 69.9 Å². The fourth-order valence-electron chi connectivity index (χ4n) is 6.03. The number of rotatable bonds is 7. The minimum absolute atomic E-state index is 0. The van der Waals surface area contributed by atoms with Crippen molar-refractivity contribution in [3.8, 4) is 17.6 Å². The lowest BCUT2D eigenvalue weighted by Gasteiger charge is -2.26. The lowest BCUT2D eigenvalue weighted by atomic mass is 9.90. The monoisotopic (exact) mass is 713 g/mol. The van der Waals surface area contributed by atoms with E-state index in [1.54, 1.807) is 91.0 Å². The molecule has 3 radical (unpaired) electrons. The van der Waals surface area contributed by atoms with E-state index in [2.05, 4.69) is 6.07 Å². The van der Waals surface area contributed by atoms with E-state index in [1.807, 2.05) is 6.07 Å². The average molecular weight is 714 g/mol. The molecule has 0 aromatic heterocycles. The van der Waals surface area contributed by atoms with E-state index in [4.69, 9.17) is 25.2 Å². The van der Waals surface area contributed by atoms with Crippen molar-refractivity contribution in [3.05, 3.63) is 108 Å². The molecule has 1 fully saturated rings. The number of nitrogens with zero attached hydrogens (tertiary/aromatic N) is 1. The van der Waals surface area contributed by atoms with E-state index >= 15 is 0 Å². The zero-order valence-electron chi connectivity index (χ0n) is 27.9. The van der Waals surface area contributed by atoms with Gasteiger partial charge >= 0.3 is 0 Å². The molecule has 9 nitrogen and oxygen atoms in total. The number of hydrogen-bond acceptors (Lipinski definition) is 9. The molecule has 0 bridgehead atoms. The smallest absolute Gasteiger partial charge is 0.206 e. The fourth-order valence-corrected chi connectivity index (χ4v) is 8.62. The third-order valence-electron chi connectivity index (χ3n) is 8.71. The molecule has 4 aromatic carbocycles. The lowest BCUT2D eigenvalue weighted by molar-refractivity contribution is 0.198. The fraction of sp³-hybridized carbons (Fsp3) is 0.342. The van der Waals surface area contributed by atoms with Crippen LogP contribution in [0.25, 0.3) is 0 Å². The van der Waals surface area contributed by atoms with Gasteiger partial charge in [0.15, 0.2) is 0 Å². The Morgan fingerprint density at radius 1 is 0.640 bits per heavy atom. The molecular weight excluding hydrogens is 671 g/mol. The van der Waals surface area contributed by atoms with Crippen molar-refractivity contribution < 1.29 is 31.0 Å². The van der Waals surface area contributed by atoms with Gasteiger partial charge in [-0.1, -0.05) is 48.5 Å². The standard InChI is InChI=1S/C17H19NO3S.C17H15NO3S.C4H8O.B/c2*18-10-8-13-9-11-21-17-12-15(6-7-16(13)17)22(19,20)14-4-2-1-3-5-14;1-2-4-5-3-1;/h1-7,12-13H,8-11,18H2;1-7,12-13H,8-9,11H2;1-4H2;. The van der Waals surface area contributed by atoms with Crippen molar-refractivity contribution >= 4 is 28.1 Å². The van der Waals surface area contributed by atoms with Crippen LogP contribution in [0.15, 0.2) is 117 Å². The highest BCUT2D eigenvalue weighted by Gasteiger charge is 2.26. The molecule has 12 heteroatoms. The SMILES string of the molecule is C1CCOC1.N#CCC1CCOc2cc(S(=O)(=O)c3ccccc3)ccc21.NCCC1CCOc2cc(S(=O)(=O)c3ccccc3)ccc21.[B]. The number of fused-ring (bicyclic) bond motifs is 2. The van der Waals surface area contributed by atoms with Gasteiger partial charge in [0, 0.05) is 34.0 Å². The third-order valence-corrected chi connectivity index (χ3v) is 12.2. The third kappa shape index (κ3) is 9.34. The van der Waals surface area contributed by atoms with Crippen LogP contribution >= 0.6 is 0 Å². The number of benzene rings is 4. The summed E-state index contributed by atoms with van der Waals surface area (Å²) in [7, 11) is -7.05. The normalized spacial score (nSPS) is 17.7. The van der Waals surface area contributed by atoms with Gasteiger partial charge in [0.2, 0.25) is 19.7 Å². The second-order valence-electron chi connectivity index (χ2n) is 12.0. The summed E-state index contributed by atoms with van der Waals surface area (Å²) in [5.41, 5.74) is 7.63. The highest BCUT2D eigenvalue weighted by molar-refractivity contribution is 7.91. The Kier molecular flexibility index (Phi) is 14.1. The summed E-state index contributed by atoms with van der Waals surface area (Å²) in [4.78, 5) is 1.05. The topological polar surface area (TPSA) is 146 Å². The van der Waals surface area contributed by atoms with Gasteiger partial charge in [-0.05, 0) is 104 Å². The Labute approximate surface area is 297 Å². The molecule has 3 aliphatic heterocycles. The van der Waals surface area contributed by atoms with Crippen molar-refractivity contribution in [3.63, 3.8) is 0 Å². The first-order chi connectivity index (χ1) is 23.8. The maximum absolute atomic E-state index is 12.7. The first-order valence-corrected chi connectivity index (χ1v) is 19.5. The summed E-state index contributed by atoms with van der Waals surface area (Å²) >= 11 is 0. The van der Waals surface area contributed by atoms with E-state index < -0.39 is 19.7 Å². The van der Waals surface area contributed by atoms with Crippen LogP contribution in [0.4, 0.5) is 0 Å². The van der Waals surface area contributed by atoms with Crippen molar-refractivity contribution in [2.24, 2.45) is 5.73 Å². The van der Waals surface area contributed by atoms with E-state index in [-0.39, 0.29) is 29.0 Å². The molecule has 50 heavy (non-hydrogen) atoms. The zero-order chi connectivity index (χ0) is 34.7. The molecule has 1 saturated heterocycles. The molecule has 2 atom stereocenters. The predicted molar refractivity (Wildman–Crippen MR) is 192 cm³/mol. The number of ether oxygens (including phenoxy) is 3. The number of nitrogens with two attached hydrogens (primary N) is 1. The largest absolute Gasteiger partial charge is 0.493 e. The summed E-state index contributed by atoms with van der Waals surface area (Å²) < 4.78 is 66.7. The molecule has 3 heterocycles. The van der Waals surface area contributed by atoms with Gasteiger partial charge < -0.3 is 19.9 Å². The van der Waals surface area contributed by atoms with Crippen LogP contribution in [0.1, 0.15) is 61.5 Å². The molecule has 2 unspecified atom stereocenters. The van der Waals surface area contributed by atoms with Crippen LogP contribution in [-0.2, 0) is 24.4 Å². The maximum atomic E-state index is 12.7. The minimum Gasteiger partial charge on any atom is -0.493 e. The number of sulfone groups is 2. The van der Waals surface area contributed by atoms with Crippen molar-refractivity contribution in [2.75, 3.05) is 33.0 Å². The van der Waals surface area contributed by atoms with Gasteiger partial charge in [-0.25, -0.2) is 16.8 Å². The van der Waals surface area contributed by atoms with Crippen LogP contribution in [0.2, 0.25) is 0 Å². The summed E-state index contributed by atoms with van der Waals surface area (Å²) in [6.07, 6.45) is 5.57. The maximum Gasteiger partial charge on any atom is 0.206 e. The molecular formula is C38H42BN2O7S2. The molecule has 261 valence electrons. The second-order valence-corrected chi connectivity index (χ2v) is 15.9. The van der Waals surface area contributed by atoms with Gasteiger partial charge in [-0.2, -0.15) is 5.26 Å². The zero-order valence-corrected chi connectivity index (χ0v) is 29.6. The Morgan fingerprint density at radius 2 is 1.10 bits per heavy atom. The van der Waals surface area contributed by atoms with Crippen LogP contribution in [0, 0.1) is 11.3 Å². The Bertz CT molecular complexity index is 1940. The van der Waals surface area contributed by atoms with Crippen LogP contribution in [0.5, 0.6) is 11.5 Å². The van der Waals surface area contributed by atoms with Crippen LogP contribution in [0.3, 0.4) is 0 Å². The summed E-state index contributed by atoms with van der Waals surface area (Å²) in [6, 6.07) is 29.1. The molecule has 7 rings (SSSR count). The van der Waals surface area contributed by atoms with Crippen LogP contribution < -0.4 is 15.2 Å². The minimum atomic E-state index is -3.55. The lowest BCUT2D eigenvalue weighted by Crippen LogP contribution is -2.17. The number of nitriles is 1. The molecule has 0 spiro atoms. The van der Waals surface area contributed by atoms with Crippen LogP contribution in [-0.4, -0.2) is 58.2 Å². The first kappa shape index (κ1) is 38.7. The van der Waals surface area contributed by atoms with Crippen molar-refractivity contribution in [1.82, 2.24) is 0 Å². The Balaban J connectivity index is 0.000000193. The quantitative estimate of drug-likeness (QED) is 0.214. The van der Waals surface area contributed by atoms with E-state index in [0.29, 0.717) is 48.5 Å². The highest BCUT2D eigenvalue weighted by Crippen LogP contribution is 2.39. The molecule has 0 amide bonds. The summed E-state index contributed by atoms with van der Waals surface area (Å²) in [5.74, 6) is 1.70. The molecule has 0 aliphatic carbocycles. The van der Waals surface area contributed by atoms with Crippen molar-refractivity contribution in [1.29, 1.82) is 5.26 Å². The average Bonchev–Trinajstić information content (AvgIpc) is 3.74. The molecule has 0 saturated carbocycles.